The van der Waals surface area contributed by atoms with Gasteiger partial charge in [-0.15, -0.1) is 0 Å². The number of hydrogen-bond donors (Lipinski definition) is 1. The van der Waals surface area contributed by atoms with E-state index in [1.165, 1.54) is 32.2 Å². The second kappa shape index (κ2) is 10.0. The van der Waals surface area contributed by atoms with E-state index >= 15 is 0 Å². The minimum atomic E-state index is 0.847. The van der Waals surface area contributed by atoms with Gasteiger partial charge in [-0.1, -0.05) is 20.3 Å². The maximum absolute atomic E-state index is 5.05. The van der Waals surface area contributed by atoms with Gasteiger partial charge in [-0.05, 0) is 38.3 Å². The molecule has 0 heterocycles. The Kier molecular flexibility index (Phi) is 9.94. The van der Waals surface area contributed by atoms with Crippen LogP contribution in [0.15, 0.2) is 0 Å². The predicted octanol–water partition coefficient (Wildman–Crippen LogP) is 2.44. The molecule has 0 fully saturated rings. The average Bonchev–Trinajstić information content (AvgIpc) is 2.14. The van der Waals surface area contributed by atoms with Crippen LogP contribution in [0.1, 0.15) is 39.5 Å². The third-order valence-corrected chi connectivity index (χ3v) is 2.34. The van der Waals surface area contributed by atoms with Gasteiger partial charge in [-0.3, -0.25) is 0 Å². The molecule has 0 spiro atoms. The fourth-order valence-corrected chi connectivity index (χ4v) is 1.62. The predicted molar refractivity (Wildman–Crippen MR) is 58.1 cm³/mol. The van der Waals surface area contributed by atoms with Gasteiger partial charge in [-0.25, -0.2) is 0 Å². The van der Waals surface area contributed by atoms with Crippen LogP contribution in [0, 0.1) is 5.92 Å². The molecule has 0 rings (SSSR count). The standard InChI is InChI=1S/C11H25NO/c1-4-7-11(10-12-5-2)8-6-9-13-3/h11-12H,4-10H2,1-3H3. The fraction of sp³-hybridized carbons (Fsp3) is 1.00. The van der Waals surface area contributed by atoms with Crippen LogP contribution in [0.3, 0.4) is 0 Å². The van der Waals surface area contributed by atoms with Crippen LogP contribution >= 0.6 is 0 Å². The van der Waals surface area contributed by atoms with Gasteiger partial charge in [0.05, 0.1) is 0 Å². The molecule has 0 saturated heterocycles. The van der Waals surface area contributed by atoms with Crippen molar-refractivity contribution in [2.24, 2.45) is 5.92 Å². The van der Waals surface area contributed by atoms with Crippen molar-refractivity contribution in [2.45, 2.75) is 39.5 Å². The lowest BCUT2D eigenvalue weighted by molar-refractivity contribution is 0.185. The molecule has 0 aliphatic carbocycles. The first kappa shape index (κ1) is 12.9. The molecule has 13 heavy (non-hydrogen) atoms. The number of nitrogens with one attached hydrogen (secondary N) is 1. The highest BCUT2D eigenvalue weighted by Crippen LogP contribution is 2.12. The molecule has 0 saturated carbocycles. The molecule has 2 heteroatoms. The molecule has 0 aliphatic heterocycles. The molecule has 1 unspecified atom stereocenters. The Morgan fingerprint density at radius 3 is 2.54 bits per heavy atom. The van der Waals surface area contributed by atoms with E-state index in [-0.39, 0.29) is 0 Å². The monoisotopic (exact) mass is 187 g/mol. The first-order valence-electron chi connectivity index (χ1n) is 5.54. The van der Waals surface area contributed by atoms with Gasteiger partial charge in [-0.2, -0.15) is 0 Å². The molecule has 0 radical (unpaired) electrons. The molecule has 80 valence electrons. The summed E-state index contributed by atoms with van der Waals surface area (Å²) in [4.78, 5) is 0. The Morgan fingerprint density at radius 1 is 1.23 bits per heavy atom. The number of methoxy groups -OCH3 is 1. The Bertz CT molecular complexity index is 96.1. The van der Waals surface area contributed by atoms with Crippen LogP contribution in [0.25, 0.3) is 0 Å². The minimum absolute atomic E-state index is 0.847. The molecule has 0 aromatic heterocycles. The summed E-state index contributed by atoms with van der Waals surface area (Å²) in [5.74, 6) is 0.847. The lowest BCUT2D eigenvalue weighted by atomic mass is 9.98. The molecule has 0 bridgehead atoms. The lowest BCUT2D eigenvalue weighted by Gasteiger charge is -2.15. The maximum Gasteiger partial charge on any atom is 0.0462 e. The number of ether oxygens (including phenoxy) is 1. The second-order valence-electron chi connectivity index (χ2n) is 3.60. The lowest BCUT2D eigenvalue weighted by Crippen LogP contribution is -2.22. The zero-order chi connectivity index (χ0) is 9.94. The van der Waals surface area contributed by atoms with Crippen molar-refractivity contribution in [3.8, 4) is 0 Å². The van der Waals surface area contributed by atoms with E-state index in [4.69, 9.17) is 4.74 Å². The average molecular weight is 187 g/mol. The van der Waals surface area contributed by atoms with Crippen LogP contribution in [0.4, 0.5) is 0 Å². The molecule has 0 aliphatic rings. The minimum Gasteiger partial charge on any atom is -0.385 e. The fourth-order valence-electron chi connectivity index (χ4n) is 1.62. The summed E-state index contributed by atoms with van der Waals surface area (Å²) >= 11 is 0. The smallest absolute Gasteiger partial charge is 0.0462 e. The summed E-state index contributed by atoms with van der Waals surface area (Å²) in [5.41, 5.74) is 0. The van der Waals surface area contributed by atoms with Gasteiger partial charge in [0, 0.05) is 13.7 Å². The molecule has 0 aromatic rings. The quantitative estimate of drug-likeness (QED) is 0.560. The normalized spacial score (nSPS) is 13.2. The van der Waals surface area contributed by atoms with Crippen LogP contribution in [0.5, 0.6) is 0 Å². The first-order valence-corrected chi connectivity index (χ1v) is 5.54. The van der Waals surface area contributed by atoms with Gasteiger partial charge >= 0.3 is 0 Å². The molecule has 1 atom stereocenters. The summed E-state index contributed by atoms with van der Waals surface area (Å²) in [6.45, 7) is 7.60. The van der Waals surface area contributed by atoms with Crippen molar-refractivity contribution in [3.05, 3.63) is 0 Å². The molecule has 1 N–H and O–H groups in total. The Balaban J connectivity index is 3.41. The molecular formula is C11H25NO. The summed E-state index contributed by atoms with van der Waals surface area (Å²) in [7, 11) is 1.78. The molecular weight excluding hydrogens is 162 g/mol. The van der Waals surface area contributed by atoms with E-state index in [1.54, 1.807) is 7.11 Å². The van der Waals surface area contributed by atoms with Crippen LogP contribution < -0.4 is 5.32 Å². The van der Waals surface area contributed by atoms with Crippen molar-refractivity contribution in [2.75, 3.05) is 26.8 Å². The zero-order valence-electron chi connectivity index (χ0n) is 9.44. The summed E-state index contributed by atoms with van der Waals surface area (Å²) < 4.78 is 5.05. The topological polar surface area (TPSA) is 21.3 Å². The van der Waals surface area contributed by atoms with E-state index in [1.807, 2.05) is 0 Å². The van der Waals surface area contributed by atoms with Crippen molar-refractivity contribution in [1.82, 2.24) is 5.32 Å². The second-order valence-corrected chi connectivity index (χ2v) is 3.60. The van der Waals surface area contributed by atoms with Crippen LogP contribution in [0.2, 0.25) is 0 Å². The zero-order valence-corrected chi connectivity index (χ0v) is 9.44. The van der Waals surface area contributed by atoms with Crippen molar-refractivity contribution in [3.63, 3.8) is 0 Å². The van der Waals surface area contributed by atoms with E-state index in [2.05, 4.69) is 19.2 Å². The van der Waals surface area contributed by atoms with Gasteiger partial charge in [0.2, 0.25) is 0 Å². The van der Waals surface area contributed by atoms with Crippen LogP contribution in [-0.4, -0.2) is 26.8 Å². The Labute approximate surface area is 83.1 Å². The highest BCUT2D eigenvalue weighted by molar-refractivity contribution is 4.61. The van der Waals surface area contributed by atoms with Gasteiger partial charge in [0.1, 0.15) is 0 Å². The summed E-state index contributed by atoms with van der Waals surface area (Å²) in [6.07, 6.45) is 5.14. The van der Waals surface area contributed by atoms with Gasteiger partial charge in [0.15, 0.2) is 0 Å². The largest absolute Gasteiger partial charge is 0.385 e. The molecule has 0 aromatic carbocycles. The van der Waals surface area contributed by atoms with Crippen LogP contribution in [-0.2, 0) is 4.74 Å². The Morgan fingerprint density at radius 2 is 2.00 bits per heavy atom. The van der Waals surface area contributed by atoms with E-state index in [0.717, 1.165) is 19.1 Å². The third kappa shape index (κ3) is 8.26. The summed E-state index contributed by atoms with van der Waals surface area (Å²) in [5, 5.41) is 3.42. The number of hydrogen-bond acceptors (Lipinski definition) is 2. The molecule has 0 amide bonds. The van der Waals surface area contributed by atoms with E-state index in [9.17, 15) is 0 Å². The van der Waals surface area contributed by atoms with E-state index < -0.39 is 0 Å². The van der Waals surface area contributed by atoms with Crippen molar-refractivity contribution in [1.29, 1.82) is 0 Å². The highest BCUT2D eigenvalue weighted by atomic mass is 16.5. The first-order chi connectivity index (χ1) is 6.35. The van der Waals surface area contributed by atoms with E-state index in [0.29, 0.717) is 0 Å². The maximum atomic E-state index is 5.05. The third-order valence-electron chi connectivity index (χ3n) is 2.34. The van der Waals surface area contributed by atoms with Crippen molar-refractivity contribution < 1.29 is 4.74 Å². The number of rotatable bonds is 9. The van der Waals surface area contributed by atoms with Crippen molar-refractivity contribution >= 4 is 0 Å². The van der Waals surface area contributed by atoms with Gasteiger partial charge in [0.25, 0.3) is 0 Å². The SMILES string of the molecule is CCCC(CCCOC)CNCC. The Hall–Kier alpha value is -0.0800. The highest BCUT2D eigenvalue weighted by Gasteiger charge is 2.05. The summed E-state index contributed by atoms with van der Waals surface area (Å²) in [6, 6.07) is 0. The van der Waals surface area contributed by atoms with Gasteiger partial charge < -0.3 is 10.1 Å². The molecule has 2 nitrogen and oxygen atoms in total.